The molecule has 3 aromatic rings. The van der Waals surface area contributed by atoms with Crippen LogP contribution in [-0.4, -0.2) is 76.1 Å². The Hall–Kier alpha value is -4.09. The molecule has 0 unspecified atom stereocenters. The van der Waals surface area contributed by atoms with Crippen molar-refractivity contribution in [2.75, 3.05) is 23.7 Å². The van der Waals surface area contributed by atoms with Gasteiger partial charge >= 0.3 is 5.69 Å². The number of ether oxygens (including phenoxy) is 1. The van der Waals surface area contributed by atoms with Crippen LogP contribution in [0.1, 0.15) is 56.1 Å². The Bertz CT molecular complexity index is 1630. The summed E-state index contributed by atoms with van der Waals surface area (Å²) in [4.78, 5) is 27.5. The fourth-order valence-corrected chi connectivity index (χ4v) is 5.59. The molecule has 2 aliphatic rings. The third-order valence-electron chi connectivity index (χ3n) is 7.34. The summed E-state index contributed by atoms with van der Waals surface area (Å²) in [5.74, 6) is -0.969. The lowest BCUT2D eigenvalue weighted by Crippen LogP contribution is -2.55. The Labute approximate surface area is 240 Å². The van der Waals surface area contributed by atoms with E-state index in [2.05, 4.69) is 54.6 Å². The topological polar surface area (TPSA) is 140 Å². The maximum absolute atomic E-state index is 15.5. The second-order valence-corrected chi connectivity index (χ2v) is 11.6. The van der Waals surface area contributed by atoms with Gasteiger partial charge in [-0.25, -0.2) is 24.0 Å². The van der Waals surface area contributed by atoms with Gasteiger partial charge in [-0.15, -0.1) is 0 Å². The molecule has 2 saturated heterocycles. The highest BCUT2D eigenvalue weighted by Crippen LogP contribution is 2.39. The van der Waals surface area contributed by atoms with Gasteiger partial charge in [-0.05, 0) is 76.4 Å². The fraction of sp³-hybridized carbons (Fsp3) is 0.556. The Morgan fingerprint density at radius 2 is 2.15 bits per heavy atom. The minimum atomic E-state index is -2.67. The van der Waals surface area contributed by atoms with Crippen LogP contribution in [0.25, 0.3) is 10.5 Å². The molecule has 0 amide bonds. The standard InChI is InChI=1S/C27H35FN10O3/c1-26(2)13-16(10-17-8-7-9-37(17)26)31-23-20(29-5)14-30-24(33-23)32-19-12-21(38-25(39)36(6)34-35-38)22(11-18(19)28)41-15-27(3,4)40/h11-12,14,16-17,40H,7-10,13,15H2,1-4,6H3,(H2,30,31,32,33)/t16-,17+/m1/s1/i15D2. The second kappa shape index (κ2) is 10.7. The number of nitrogens with zero attached hydrogens (tertiary/aromatic N) is 8. The van der Waals surface area contributed by atoms with Crippen LogP contribution >= 0.6 is 0 Å². The zero-order valence-corrected chi connectivity index (χ0v) is 23.6. The predicted molar refractivity (Wildman–Crippen MR) is 150 cm³/mol. The van der Waals surface area contributed by atoms with Gasteiger partial charge in [0.15, 0.2) is 5.82 Å². The van der Waals surface area contributed by atoms with Crippen LogP contribution in [0.3, 0.4) is 0 Å². The molecule has 14 heteroatoms. The lowest BCUT2D eigenvalue weighted by molar-refractivity contribution is 0.0283. The van der Waals surface area contributed by atoms with E-state index in [1.807, 2.05) is 0 Å². The molecule has 218 valence electrons. The molecule has 2 atom stereocenters. The molecule has 0 radical (unpaired) electrons. The van der Waals surface area contributed by atoms with Crippen LogP contribution in [0.15, 0.2) is 23.1 Å². The number of hydrogen-bond donors (Lipinski definition) is 3. The Balaban J connectivity index is 1.47. The molecule has 0 aliphatic carbocycles. The molecule has 0 spiro atoms. The fourth-order valence-electron chi connectivity index (χ4n) is 5.59. The number of nitrogens with one attached hydrogen (secondary N) is 2. The molecule has 2 aliphatic heterocycles. The van der Waals surface area contributed by atoms with E-state index in [-0.39, 0.29) is 34.6 Å². The van der Waals surface area contributed by atoms with Gasteiger partial charge in [-0.3, -0.25) is 4.90 Å². The highest BCUT2D eigenvalue weighted by atomic mass is 19.1. The van der Waals surface area contributed by atoms with Gasteiger partial charge in [0.05, 0.1) is 20.6 Å². The summed E-state index contributed by atoms with van der Waals surface area (Å²) in [7, 11) is 1.37. The van der Waals surface area contributed by atoms with Crippen LogP contribution < -0.4 is 21.1 Å². The summed E-state index contributed by atoms with van der Waals surface area (Å²) >= 11 is 0. The molecule has 4 heterocycles. The van der Waals surface area contributed by atoms with Crippen molar-refractivity contribution in [3.63, 3.8) is 0 Å². The van der Waals surface area contributed by atoms with Crippen LogP contribution in [0, 0.1) is 12.4 Å². The third kappa shape index (κ3) is 6.01. The molecule has 13 nitrogen and oxygen atoms in total. The van der Waals surface area contributed by atoms with E-state index in [0.29, 0.717) is 11.9 Å². The van der Waals surface area contributed by atoms with E-state index in [0.717, 1.165) is 47.7 Å². The van der Waals surface area contributed by atoms with Gasteiger partial charge in [-0.2, -0.15) is 9.36 Å². The van der Waals surface area contributed by atoms with Crippen molar-refractivity contribution in [1.29, 1.82) is 0 Å². The van der Waals surface area contributed by atoms with Crippen molar-refractivity contribution in [3.05, 3.63) is 46.0 Å². The minimum absolute atomic E-state index is 0.00779. The first kappa shape index (κ1) is 25.8. The number of anilines is 3. The van der Waals surface area contributed by atoms with Crippen LogP contribution in [0.4, 0.5) is 27.5 Å². The number of hydrogen-bond acceptors (Lipinski definition) is 10. The van der Waals surface area contributed by atoms with Crippen LogP contribution in [-0.2, 0) is 7.05 Å². The number of tetrazole rings is 1. The second-order valence-electron chi connectivity index (χ2n) is 11.6. The molecular weight excluding hydrogens is 531 g/mol. The van der Waals surface area contributed by atoms with Crippen molar-refractivity contribution < 1.29 is 17.0 Å². The Morgan fingerprint density at radius 1 is 1.37 bits per heavy atom. The van der Waals surface area contributed by atoms with Crippen molar-refractivity contribution in [2.45, 2.75) is 76.6 Å². The predicted octanol–water partition coefficient (Wildman–Crippen LogP) is 3.16. The van der Waals surface area contributed by atoms with Gasteiger partial charge in [-0.1, -0.05) is 0 Å². The summed E-state index contributed by atoms with van der Waals surface area (Å²) in [6.45, 7) is 12.9. The number of aliphatic hydroxyl groups is 1. The van der Waals surface area contributed by atoms with Crippen LogP contribution in [0.2, 0.25) is 0 Å². The maximum Gasteiger partial charge on any atom is 0.368 e. The Morgan fingerprint density at radius 3 is 2.83 bits per heavy atom. The summed E-state index contributed by atoms with van der Waals surface area (Å²) < 4.78 is 38.9. The summed E-state index contributed by atoms with van der Waals surface area (Å²) in [5.41, 5.74) is -2.78. The summed E-state index contributed by atoms with van der Waals surface area (Å²) in [6, 6.07) is 2.58. The van der Waals surface area contributed by atoms with Crippen molar-refractivity contribution in [1.82, 2.24) is 34.7 Å². The smallest absolute Gasteiger partial charge is 0.368 e. The zero-order chi connectivity index (χ0) is 31.3. The number of rotatable bonds is 8. The molecule has 5 rings (SSSR count). The van der Waals surface area contributed by atoms with Gasteiger partial charge in [0.2, 0.25) is 11.6 Å². The number of piperidine rings is 1. The quantitative estimate of drug-likeness (QED) is 0.347. The molecule has 0 saturated carbocycles. The summed E-state index contributed by atoms with van der Waals surface area (Å²) in [6.07, 6.45) is 5.41. The number of fused-ring (bicyclic) bond motifs is 1. The lowest BCUT2D eigenvalue weighted by atomic mass is 9.84. The maximum atomic E-state index is 15.5. The van der Waals surface area contributed by atoms with Gasteiger partial charge in [0.25, 0.3) is 0 Å². The minimum Gasteiger partial charge on any atom is -0.488 e. The average molecular weight is 569 g/mol. The molecule has 2 fully saturated rings. The zero-order valence-electron chi connectivity index (χ0n) is 25.6. The molecule has 3 N–H and O–H groups in total. The molecular formula is C27H35FN10O3. The number of halogens is 1. The van der Waals surface area contributed by atoms with Crippen molar-refractivity contribution >= 4 is 23.1 Å². The number of aromatic nitrogens is 6. The Kier molecular flexibility index (Phi) is 6.76. The summed E-state index contributed by atoms with van der Waals surface area (Å²) in [5, 5.41) is 23.9. The van der Waals surface area contributed by atoms with Crippen LogP contribution in [0.5, 0.6) is 5.75 Å². The lowest BCUT2D eigenvalue weighted by Gasteiger charge is -2.48. The largest absolute Gasteiger partial charge is 0.488 e. The molecule has 1 aromatic carbocycles. The number of benzene rings is 1. The van der Waals surface area contributed by atoms with E-state index in [1.54, 1.807) is 0 Å². The third-order valence-corrected chi connectivity index (χ3v) is 7.34. The van der Waals surface area contributed by atoms with E-state index < -0.39 is 29.4 Å². The first-order chi connectivity index (χ1) is 20.1. The SMILES string of the molecule is [2H]C([2H])(Oc1cc(F)c(Nc2ncc([N+]#[C-])c(N[C@@H]3C[C@@H]4CCCN4C(C)(C)C3)n2)cc1-n1nnn(C)c1=O)C(C)(C)O. The van der Waals surface area contributed by atoms with Gasteiger partial charge < -0.3 is 20.5 Å². The number of aryl methyl sites for hydroxylation is 1. The van der Waals surface area contributed by atoms with E-state index >= 15 is 4.39 Å². The van der Waals surface area contributed by atoms with E-state index in [9.17, 15) is 9.90 Å². The van der Waals surface area contributed by atoms with Crippen molar-refractivity contribution in [2.24, 2.45) is 7.05 Å². The normalized spacial score (nSPS) is 21.4. The first-order valence-electron chi connectivity index (χ1n) is 14.4. The van der Waals surface area contributed by atoms with E-state index in [1.165, 1.54) is 33.2 Å². The highest BCUT2D eigenvalue weighted by molar-refractivity contribution is 5.69. The van der Waals surface area contributed by atoms with Gasteiger partial charge in [0.1, 0.15) is 23.8 Å². The molecule has 2 aromatic heterocycles. The highest BCUT2D eigenvalue weighted by Gasteiger charge is 2.43. The molecule has 0 bridgehead atoms. The first-order valence-corrected chi connectivity index (χ1v) is 13.4. The van der Waals surface area contributed by atoms with E-state index in [4.69, 9.17) is 14.1 Å². The molecule has 41 heavy (non-hydrogen) atoms. The van der Waals surface area contributed by atoms with Gasteiger partial charge in [0, 0.05) is 36.9 Å². The van der Waals surface area contributed by atoms with Crippen molar-refractivity contribution in [3.8, 4) is 11.4 Å². The monoisotopic (exact) mass is 568 g/mol. The average Bonchev–Trinajstić information content (AvgIpc) is 3.52.